The Morgan fingerprint density at radius 1 is 1.04 bits per heavy atom. The Labute approximate surface area is 136 Å². The molecule has 0 heterocycles. The molecule has 0 saturated carbocycles. The van der Waals surface area contributed by atoms with Crippen molar-refractivity contribution in [2.45, 2.75) is 26.1 Å². The minimum Gasteiger partial charge on any atom is -0.353 e. The zero-order valence-electron chi connectivity index (χ0n) is 13.2. The van der Waals surface area contributed by atoms with Crippen LogP contribution in [-0.2, 0) is 15.8 Å². The van der Waals surface area contributed by atoms with E-state index >= 15 is 0 Å². The Bertz CT molecular complexity index is 600. The summed E-state index contributed by atoms with van der Waals surface area (Å²) in [5.41, 5.74) is -0.751. The first-order chi connectivity index (χ1) is 11.1. The molecule has 6 nitrogen and oxygen atoms in total. The highest BCUT2D eigenvalue weighted by atomic mass is 19.4. The lowest BCUT2D eigenvalue weighted by molar-refractivity contribution is -0.137. The smallest absolute Gasteiger partial charge is 0.353 e. The molecule has 0 aliphatic heterocycles. The van der Waals surface area contributed by atoms with Crippen LogP contribution < -0.4 is 16.0 Å². The van der Waals surface area contributed by atoms with Gasteiger partial charge in [-0.25, -0.2) is 0 Å². The lowest BCUT2D eigenvalue weighted by atomic mass is 10.1. The van der Waals surface area contributed by atoms with Gasteiger partial charge in [-0.2, -0.15) is 13.2 Å². The maximum absolute atomic E-state index is 12.4. The number of halogens is 3. The van der Waals surface area contributed by atoms with E-state index in [1.165, 1.54) is 13.8 Å². The molecule has 1 atom stereocenters. The van der Waals surface area contributed by atoms with E-state index in [4.69, 9.17) is 0 Å². The molecule has 0 radical (unpaired) electrons. The quantitative estimate of drug-likeness (QED) is 0.674. The standard InChI is InChI=1S/C15H18F3N3O3/c1-9(21-10(2)22)13(23)19-7-8-20-14(24)11-3-5-12(6-4-11)15(16,17)18/h3-6,9H,7-8H2,1-2H3,(H,19,23)(H,20,24)(H,21,22). The van der Waals surface area contributed by atoms with Crippen molar-refractivity contribution < 1.29 is 27.6 Å². The Morgan fingerprint density at radius 3 is 2.08 bits per heavy atom. The normalized spacial score (nSPS) is 12.2. The Morgan fingerprint density at radius 2 is 1.58 bits per heavy atom. The van der Waals surface area contributed by atoms with Crippen LogP contribution in [-0.4, -0.2) is 36.9 Å². The van der Waals surface area contributed by atoms with Crippen LogP contribution in [0, 0.1) is 0 Å². The molecule has 24 heavy (non-hydrogen) atoms. The third kappa shape index (κ3) is 6.27. The predicted molar refractivity (Wildman–Crippen MR) is 80.1 cm³/mol. The Kier molecular flexibility index (Phi) is 6.75. The van der Waals surface area contributed by atoms with Crippen LogP contribution in [0.2, 0.25) is 0 Å². The highest BCUT2D eigenvalue weighted by Crippen LogP contribution is 2.28. The highest BCUT2D eigenvalue weighted by molar-refractivity contribution is 5.94. The van der Waals surface area contributed by atoms with E-state index in [2.05, 4.69) is 16.0 Å². The van der Waals surface area contributed by atoms with Crippen LogP contribution in [0.5, 0.6) is 0 Å². The molecule has 0 saturated heterocycles. The number of carbonyl (C=O) groups excluding carboxylic acids is 3. The first-order valence-corrected chi connectivity index (χ1v) is 7.11. The van der Waals surface area contributed by atoms with Crippen molar-refractivity contribution in [2.75, 3.05) is 13.1 Å². The number of alkyl halides is 3. The van der Waals surface area contributed by atoms with Crippen molar-refractivity contribution in [1.82, 2.24) is 16.0 Å². The number of carbonyl (C=O) groups is 3. The summed E-state index contributed by atoms with van der Waals surface area (Å²) in [6.07, 6.45) is -4.45. The molecular weight excluding hydrogens is 327 g/mol. The van der Waals surface area contributed by atoms with Crippen LogP contribution in [0.15, 0.2) is 24.3 Å². The van der Waals surface area contributed by atoms with Crippen molar-refractivity contribution in [1.29, 1.82) is 0 Å². The maximum atomic E-state index is 12.4. The second kappa shape index (κ2) is 8.32. The number of hydrogen-bond acceptors (Lipinski definition) is 3. The van der Waals surface area contributed by atoms with E-state index in [1.807, 2.05) is 0 Å². The van der Waals surface area contributed by atoms with Gasteiger partial charge in [-0.3, -0.25) is 14.4 Å². The van der Waals surface area contributed by atoms with Gasteiger partial charge in [0.1, 0.15) is 6.04 Å². The zero-order chi connectivity index (χ0) is 18.3. The molecule has 0 bridgehead atoms. The number of benzene rings is 1. The van der Waals surface area contributed by atoms with Crippen molar-refractivity contribution in [2.24, 2.45) is 0 Å². The zero-order valence-corrected chi connectivity index (χ0v) is 13.2. The summed E-state index contributed by atoms with van der Waals surface area (Å²) in [6, 6.07) is 3.11. The molecule has 0 aliphatic rings. The van der Waals surface area contributed by atoms with E-state index in [-0.39, 0.29) is 24.6 Å². The van der Waals surface area contributed by atoms with Gasteiger partial charge in [0.05, 0.1) is 5.56 Å². The molecule has 0 spiro atoms. The number of amides is 3. The monoisotopic (exact) mass is 345 g/mol. The van der Waals surface area contributed by atoms with Crippen LogP contribution in [0.1, 0.15) is 29.8 Å². The molecule has 0 aromatic heterocycles. The van der Waals surface area contributed by atoms with Crippen LogP contribution in [0.3, 0.4) is 0 Å². The average Bonchev–Trinajstić information content (AvgIpc) is 2.49. The van der Waals surface area contributed by atoms with Crippen molar-refractivity contribution >= 4 is 17.7 Å². The maximum Gasteiger partial charge on any atom is 0.416 e. The molecule has 9 heteroatoms. The van der Waals surface area contributed by atoms with E-state index < -0.39 is 29.6 Å². The summed E-state index contributed by atoms with van der Waals surface area (Å²) in [5, 5.41) is 7.38. The Balaban J connectivity index is 2.39. The first kappa shape index (κ1) is 19.5. The molecule has 1 unspecified atom stereocenters. The fraction of sp³-hybridized carbons (Fsp3) is 0.400. The molecule has 3 amide bonds. The van der Waals surface area contributed by atoms with Gasteiger partial charge >= 0.3 is 6.18 Å². The summed E-state index contributed by atoms with van der Waals surface area (Å²) >= 11 is 0. The van der Waals surface area contributed by atoms with Gasteiger partial charge in [0.25, 0.3) is 5.91 Å². The van der Waals surface area contributed by atoms with Gasteiger partial charge < -0.3 is 16.0 Å². The summed E-state index contributed by atoms with van der Waals surface area (Å²) in [4.78, 5) is 34.1. The van der Waals surface area contributed by atoms with Crippen LogP contribution in [0.4, 0.5) is 13.2 Å². The summed E-state index contributed by atoms with van der Waals surface area (Å²) in [6.45, 7) is 3.01. The minimum absolute atomic E-state index is 0.0842. The van der Waals surface area contributed by atoms with E-state index in [0.29, 0.717) is 0 Å². The summed E-state index contributed by atoms with van der Waals surface area (Å²) in [5.74, 6) is -1.30. The summed E-state index contributed by atoms with van der Waals surface area (Å²) in [7, 11) is 0. The topological polar surface area (TPSA) is 87.3 Å². The lowest BCUT2D eigenvalue weighted by Gasteiger charge is -2.13. The minimum atomic E-state index is -4.45. The van der Waals surface area contributed by atoms with Crippen molar-refractivity contribution in [3.05, 3.63) is 35.4 Å². The summed E-state index contributed by atoms with van der Waals surface area (Å²) < 4.78 is 37.3. The van der Waals surface area contributed by atoms with Gasteiger partial charge in [-0.15, -0.1) is 0 Å². The van der Waals surface area contributed by atoms with Crippen molar-refractivity contribution in [3.63, 3.8) is 0 Å². The average molecular weight is 345 g/mol. The van der Waals surface area contributed by atoms with Gasteiger partial charge in [0.2, 0.25) is 11.8 Å². The molecule has 1 aromatic rings. The fourth-order valence-corrected chi connectivity index (χ4v) is 1.80. The van der Waals surface area contributed by atoms with Gasteiger partial charge in [-0.1, -0.05) is 0 Å². The number of rotatable bonds is 6. The van der Waals surface area contributed by atoms with Gasteiger partial charge in [-0.05, 0) is 31.2 Å². The predicted octanol–water partition coefficient (Wildman–Crippen LogP) is 1.08. The first-order valence-electron chi connectivity index (χ1n) is 7.11. The third-order valence-corrected chi connectivity index (χ3v) is 3.00. The molecular formula is C15H18F3N3O3. The molecule has 1 rings (SSSR count). The third-order valence-electron chi connectivity index (χ3n) is 3.00. The van der Waals surface area contributed by atoms with Crippen molar-refractivity contribution in [3.8, 4) is 0 Å². The SMILES string of the molecule is CC(=O)NC(C)C(=O)NCCNC(=O)c1ccc(C(F)(F)F)cc1. The van der Waals surface area contributed by atoms with E-state index in [0.717, 1.165) is 24.3 Å². The Hall–Kier alpha value is -2.58. The van der Waals surface area contributed by atoms with Gasteiger partial charge in [0, 0.05) is 25.6 Å². The highest BCUT2D eigenvalue weighted by Gasteiger charge is 2.30. The second-order valence-electron chi connectivity index (χ2n) is 5.04. The second-order valence-corrected chi connectivity index (χ2v) is 5.04. The van der Waals surface area contributed by atoms with Crippen LogP contribution in [0.25, 0.3) is 0 Å². The molecule has 132 valence electrons. The fourth-order valence-electron chi connectivity index (χ4n) is 1.80. The molecule has 1 aromatic carbocycles. The van der Waals surface area contributed by atoms with E-state index in [9.17, 15) is 27.6 Å². The van der Waals surface area contributed by atoms with Crippen LogP contribution >= 0.6 is 0 Å². The lowest BCUT2D eigenvalue weighted by Crippen LogP contribution is -2.46. The number of hydrogen-bond donors (Lipinski definition) is 3. The van der Waals surface area contributed by atoms with Gasteiger partial charge in [0.15, 0.2) is 0 Å². The molecule has 0 aliphatic carbocycles. The molecule has 0 fully saturated rings. The largest absolute Gasteiger partial charge is 0.416 e. The van der Waals surface area contributed by atoms with E-state index in [1.54, 1.807) is 0 Å². The molecule has 3 N–H and O–H groups in total. The number of nitrogens with one attached hydrogen (secondary N) is 3.